The first-order valence-electron chi connectivity index (χ1n) is 5.47. The van der Waals surface area contributed by atoms with Crippen LogP contribution in [0.1, 0.15) is 20.3 Å². The summed E-state index contributed by atoms with van der Waals surface area (Å²) >= 11 is 0. The van der Waals surface area contributed by atoms with Crippen molar-refractivity contribution in [2.75, 3.05) is 18.1 Å². The van der Waals surface area contributed by atoms with Crippen LogP contribution in [0.4, 0.5) is 5.82 Å². The number of rotatable bonds is 5. The summed E-state index contributed by atoms with van der Waals surface area (Å²) < 4.78 is 1.51. The average molecular weight is 225 g/mol. The van der Waals surface area contributed by atoms with Crippen molar-refractivity contribution in [2.24, 2.45) is 7.05 Å². The molecule has 0 aliphatic carbocycles. The molecule has 1 aromatic rings. The van der Waals surface area contributed by atoms with Gasteiger partial charge in [0.2, 0.25) is 0 Å². The molecule has 0 saturated heterocycles. The quantitative estimate of drug-likeness (QED) is 0.787. The maximum Gasteiger partial charge on any atom is 0.293 e. The summed E-state index contributed by atoms with van der Waals surface area (Å²) in [6.45, 7) is 4.77. The van der Waals surface area contributed by atoms with Crippen molar-refractivity contribution in [3.63, 3.8) is 0 Å². The van der Waals surface area contributed by atoms with E-state index in [0.29, 0.717) is 18.8 Å². The maximum absolute atomic E-state index is 11.9. The SMILES string of the molecule is CC(C)N(CCCO)c1nccn(C)c1=O. The first kappa shape index (κ1) is 12.7. The van der Waals surface area contributed by atoms with Crippen LogP contribution in [0.5, 0.6) is 0 Å². The fraction of sp³-hybridized carbons (Fsp3) is 0.636. The second kappa shape index (κ2) is 5.65. The normalized spacial score (nSPS) is 10.8. The highest BCUT2D eigenvalue weighted by Gasteiger charge is 2.15. The minimum Gasteiger partial charge on any atom is -0.396 e. The van der Waals surface area contributed by atoms with Crippen LogP contribution in [0.3, 0.4) is 0 Å². The van der Waals surface area contributed by atoms with Crippen molar-refractivity contribution in [2.45, 2.75) is 26.3 Å². The molecule has 0 unspecified atom stereocenters. The van der Waals surface area contributed by atoms with E-state index in [4.69, 9.17) is 5.11 Å². The Balaban J connectivity index is 3.01. The van der Waals surface area contributed by atoms with Crippen LogP contribution >= 0.6 is 0 Å². The Kier molecular flexibility index (Phi) is 4.49. The molecule has 0 aliphatic heterocycles. The molecule has 1 aromatic heterocycles. The number of aromatic nitrogens is 2. The molecular weight excluding hydrogens is 206 g/mol. The van der Waals surface area contributed by atoms with E-state index in [9.17, 15) is 4.79 Å². The molecule has 5 nitrogen and oxygen atoms in total. The van der Waals surface area contributed by atoms with Crippen molar-refractivity contribution in [1.29, 1.82) is 0 Å². The molecule has 5 heteroatoms. The van der Waals surface area contributed by atoms with Crippen molar-refractivity contribution < 1.29 is 5.11 Å². The predicted molar refractivity (Wildman–Crippen MR) is 63.7 cm³/mol. The number of anilines is 1. The molecule has 1 rings (SSSR count). The smallest absolute Gasteiger partial charge is 0.293 e. The zero-order valence-electron chi connectivity index (χ0n) is 10.1. The van der Waals surface area contributed by atoms with Gasteiger partial charge in [-0.15, -0.1) is 0 Å². The van der Waals surface area contributed by atoms with Gasteiger partial charge in [-0.1, -0.05) is 0 Å². The fourth-order valence-electron chi connectivity index (χ4n) is 1.53. The molecule has 0 spiro atoms. The number of aliphatic hydroxyl groups is 1. The van der Waals surface area contributed by atoms with Crippen molar-refractivity contribution >= 4 is 5.82 Å². The van der Waals surface area contributed by atoms with Crippen molar-refractivity contribution in [3.8, 4) is 0 Å². The van der Waals surface area contributed by atoms with E-state index in [-0.39, 0.29) is 18.2 Å². The predicted octanol–water partition coefficient (Wildman–Crippen LogP) is 0.378. The first-order chi connectivity index (χ1) is 7.57. The lowest BCUT2D eigenvalue weighted by molar-refractivity contribution is 0.288. The van der Waals surface area contributed by atoms with E-state index in [0.717, 1.165) is 0 Å². The average Bonchev–Trinajstić information content (AvgIpc) is 2.24. The number of aliphatic hydroxyl groups excluding tert-OH is 1. The van der Waals surface area contributed by atoms with Crippen molar-refractivity contribution in [3.05, 3.63) is 22.7 Å². The van der Waals surface area contributed by atoms with Crippen LogP contribution in [0.25, 0.3) is 0 Å². The highest BCUT2D eigenvalue weighted by atomic mass is 16.3. The van der Waals surface area contributed by atoms with E-state index in [1.54, 1.807) is 19.4 Å². The van der Waals surface area contributed by atoms with Crippen LogP contribution in [0, 0.1) is 0 Å². The molecule has 90 valence electrons. The van der Waals surface area contributed by atoms with Crippen LogP contribution in [-0.4, -0.2) is 33.9 Å². The van der Waals surface area contributed by atoms with Gasteiger partial charge in [-0.05, 0) is 20.3 Å². The summed E-state index contributed by atoms with van der Waals surface area (Å²) in [5.74, 6) is 0.452. The van der Waals surface area contributed by atoms with Crippen molar-refractivity contribution in [1.82, 2.24) is 9.55 Å². The summed E-state index contributed by atoms with van der Waals surface area (Å²) in [6.07, 6.45) is 3.89. The monoisotopic (exact) mass is 225 g/mol. The molecule has 0 amide bonds. The number of aryl methyl sites for hydroxylation is 1. The van der Waals surface area contributed by atoms with Crippen LogP contribution in [-0.2, 0) is 7.05 Å². The lowest BCUT2D eigenvalue weighted by Crippen LogP contribution is -2.38. The van der Waals surface area contributed by atoms with Crippen LogP contribution in [0.15, 0.2) is 17.2 Å². The van der Waals surface area contributed by atoms with Crippen LogP contribution in [0.2, 0.25) is 0 Å². The summed E-state index contributed by atoms with van der Waals surface area (Å²) in [4.78, 5) is 17.9. The lowest BCUT2D eigenvalue weighted by atomic mass is 10.3. The number of hydrogen-bond acceptors (Lipinski definition) is 4. The van der Waals surface area contributed by atoms with Gasteiger partial charge in [-0.3, -0.25) is 4.79 Å². The zero-order valence-corrected chi connectivity index (χ0v) is 10.1. The Morgan fingerprint density at radius 2 is 2.25 bits per heavy atom. The number of hydrogen-bond donors (Lipinski definition) is 1. The number of nitrogens with zero attached hydrogens (tertiary/aromatic N) is 3. The third-order valence-electron chi connectivity index (χ3n) is 2.45. The highest BCUT2D eigenvalue weighted by molar-refractivity contribution is 5.36. The lowest BCUT2D eigenvalue weighted by Gasteiger charge is -2.26. The molecule has 0 atom stereocenters. The minimum absolute atomic E-state index is 0.103. The van der Waals surface area contributed by atoms with Gasteiger partial charge in [0, 0.05) is 38.6 Å². The largest absolute Gasteiger partial charge is 0.396 e. The second-order valence-corrected chi connectivity index (χ2v) is 4.03. The second-order valence-electron chi connectivity index (χ2n) is 4.03. The molecular formula is C11H19N3O2. The van der Waals surface area contributed by atoms with Gasteiger partial charge in [-0.25, -0.2) is 4.98 Å². The van der Waals surface area contributed by atoms with Gasteiger partial charge in [-0.2, -0.15) is 0 Å². The standard InChI is InChI=1S/C11H19N3O2/c1-9(2)14(6-4-8-15)10-11(16)13(3)7-5-12-10/h5,7,9,15H,4,6,8H2,1-3H3. The maximum atomic E-state index is 11.9. The Labute approximate surface area is 95.4 Å². The summed E-state index contributed by atoms with van der Waals surface area (Å²) in [5.41, 5.74) is -0.103. The highest BCUT2D eigenvalue weighted by Crippen LogP contribution is 2.08. The van der Waals surface area contributed by atoms with E-state index >= 15 is 0 Å². The molecule has 16 heavy (non-hydrogen) atoms. The van der Waals surface area contributed by atoms with Gasteiger partial charge in [0.1, 0.15) is 0 Å². The Morgan fingerprint density at radius 3 is 2.81 bits per heavy atom. The third kappa shape index (κ3) is 2.82. The molecule has 0 aromatic carbocycles. The van der Waals surface area contributed by atoms with E-state index < -0.39 is 0 Å². The van der Waals surface area contributed by atoms with Crippen LogP contribution < -0.4 is 10.5 Å². The van der Waals surface area contributed by atoms with E-state index in [2.05, 4.69) is 4.98 Å². The molecule has 1 N–H and O–H groups in total. The van der Waals surface area contributed by atoms with Gasteiger partial charge < -0.3 is 14.6 Å². The van der Waals surface area contributed by atoms with E-state index in [1.165, 1.54) is 4.57 Å². The Bertz CT molecular complexity index is 387. The molecule has 0 radical (unpaired) electrons. The Morgan fingerprint density at radius 1 is 1.56 bits per heavy atom. The van der Waals surface area contributed by atoms with Gasteiger partial charge >= 0.3 is 0 Å². The molecule has 0 saturated carbocycles. The molecule has 0 bridgehead atoms. The molecule has 0 aliphatic rings. The topological polar surface area (TPSA) is 58.4 Å². The van der Waals surface area contributed by atoms with Gasteiger partial charge in [0.15, 0.2) is 5.82 Å². The fourth-order valence-corrected chi connectivity index (χ4v) is 1.53. The summed E-state index contributed by atoms with van der Waals surface area (Å²) in [7, 11) is 1.71. The molecule has 1 heterocycles. The van der Waals surface area contributed by atoms with Gasteiger partial charge in [0.05, 0.1) is 0 Å². The van der Waals surface area contributed by atoms with Gasteiger partial charge in [0.25, 0.3) is 5.56 Å². The molecule has 0 fully saturated rings. The first-order valence-corrected chi connectivity index (χ1v) is 5.47. The summed E-state index contributed by atoms with van der Waals surface area (Å²) in [6, 6.07) is 0.189. The third-order valence-corrected chi connectivity index (χ3v) is 2.45. The zero-order chi connectivity index (χ0) is 12.1. The minimum atomic E-state index is -0.103. The van der Waals surface area contributed by atoms with E-state index in [1.807, 2.05) is 18.7 Å². The summed E-state index contributed by atoms with van der Waals surface area (Å²) in [5, 5.41) is 8.84. The Hall–Kier alpha value is -1.36.